The monoisotopic (exact) mass is 867 g/mol. The van der Waals surface area contributed by atoms with E-state index < -0.39 is 5.24 Å². The van der Waals surface area contributed by atoms with Gasteiger partial charge in [0.1, 0.15) is 0 Å². The smallest absolute Gasteiger partial charge is 0.330 e. The van der Waals surface area contributed by atoms with Crippen molar-refractivity contribution in [3.8, 4) is 0 Å². The Morgan fingerprint density at radius 2 is 0.966 bits per heavy atom. The van der Waals surface area contributed by atoms with Gasteiger partial charge in [0.25, 0.3) is 0 Å². The number of hydrogen-bond acceptors (Lipinski definition) is 12. The number of carbonyl (C=O) groups excluding carboxylic acids is 3. The Morgan fingerprint density at radius 1 is 0.525 bits per heavy atom. The van der Waals surface area contributed by atoms with Gasteiger partial charge in [0.2, 0.25) is 5.24 Å². The summed E-state index contributed by atoms with van der Waals surface area (Å²) in [7, 11) is 0. The van der Waals surface area contributed by atoms with Crippen LogP contribution < -0.4 is 5.32 Å². The molecule has 0 amide bonds. The van der Waals surface area contributed by atoms with Crippen molar-refractivity contribution in [3.05, 3.63) is 25.3 Å². The molecule has 0 unspecified atom stereocenters. The fourth-order valence-corrected chi connectivity index (χ4v) is 5.15. The first kappa shape index (κ1) is 66.2. The van der Waals surface area contributed by atoms with Crippen molar-refractivity contribution >= 4 is 28.8 Å². The number of likely N-dealkylation sites (N-methyl/N-ethyl adjacent to an activating group) is 2. The van der Waals surface area contributed by atoms with Crippen molar-refractivity contribution in [2.24, 2.45) is 0 Å². The third-order valence-electron chi connectivity index (χ3n) is 9.06. The summed E-state index contributed by atoms with van der Waals surface area (Å²) < 4.78 is 10.1. The van der Waals surface area contributed by atoms with E-state index in [4.69, 9.17) is 36.4 Å². The minimum absolute atomic E-state index is 0.119. The first-order chi connectivity index (χ1) is 28.5. The zero-order valence-corrected chi connectivity index (χ0v) is 40.1. The number of unbranched alkanes of at least 4 members (excludes halogenated alkanes) is 12. The van der Waals surface area contributed by atoms with Crippen LogP contribution in [0.5, 0.6) is 0 Å². The average molecular weight is 868 g/mol. The lowest BCUT2D eigenvalue weighted by Gasteiger charge is -2.25. The number of halogens is 1. The van der Waals surface area contributed by atoms with Gasteiger partial charge in [-0.2, -0.15) is 0 Å². The molecule has 0 spiro atoms. The quantitative estimate of drug-likeness (QED) is 0.0209. The zero-order chi connectivity index (χ0) is 45.6. The molecule has 4 N–H and O–H groups in total. The van der Waals surface area contributed by atoms with Crippen molar-refractivity contribution in [2.75, 3.05) is 105 Å². The third kappa shape index (κ3) is 65.4. The molecule has 0 aliphatic heterocycles. The number of nitrogens with one attached hydrogen (secondary N) is 1. The van der Waals surface area contributed by atoms with Crippen LogP contribution in [0.3, 0.4) is 0 Å². The Hall–Kier alpha value is -1.90. The van der Waals surface area contributed by atoms with E-state index in [9.17, 15) is 14.4 Å². The fourth-order valence-electron chi connectivity index (χ4n) is 5.15. The Morgan fingerprint density at radius 3 is 1.37 bits per heavy atom. The maximum absolute atomic E-state index is 11.8. The number of allylic oxidation sites excluding steroid dienone is 1. The molecule has 0 atom stereocenters. The highest BCUT2D eigenvalue weighted by molar-refractivity contribution is 6.66. The Balaban J connectivity index is -0.000000228. The van der Waals surface area contributed by atoms with Gasteiger partial charge in [0, 0.05) is 58.5 Å². The van der Waals surface area contributed by atoms with Gasteiger partial charge in [-0.25, -0.2) is 4.79 Å². The zero-order valence-electron chi connectivity index (χ0n) is 39.3. The molecule has 0 saturated heterocycles. The van der Waals surface area contributed by atoms with E-state index in [0.717, 1.165) is 90.5 Å². The maximum Gasteiger partial charge on any atom is 0.330 e. The normalized spacial score (nSPS) is 10.3. The lowest BCUT2D eigenvalue weighted by atomic mass is 10.2. The van der Waals surface area contributed by atoms with Crippen molar-refractivity contribution in [3.63, 3.8) is 0 Å². The van der Waals surface area contributed by atoms with Crippen molar-refractivity contribution < 1.29 is 39.2 Å². The number of rotatable bonds is 36. The molecule has 0 heterocycles. The minimum Gasteiger partial charge on any atom is -0.466 e. The van der Waals surface area contributed by atoms with Gasteiger partial charge in [-0.05, 0) is 63.1 Å². The molecule has 0 aromatic rings. The van der Waals surface area contributed by atoms with E-state index in [2.05, 4.69) is 81.6 Å². The predicted molar refractivity (Wildman–Crippen MR) is 250 cm³/mol. The number of aliphatic hydroxyl groups is 3. The molecule has 0 saturated carbocycles. The lowest BCUT2D eigenvalue weighted by molar-refractivity contribution is -0.144. The third-order valence-corrected chi connectivity index (χ3v) is 9.21. The highest BCUT2D eigenvalue weighted by atomic mass is 35.5. The second kappa shape index (κ2) is 60.4. The Labute approximate surface area is 368 Å². The van der Waals surface area contributed by atoms with Crippen molar-refractivity contribution in [2.45, 2.75) is 151 Å². The highest BCUT2D eigenvalue weighted by Gasteiger charge is 2.10. The van der Waals surface area contributed by atoms with Gasteiger partial charge >= 0.3 is 11.9 Å². The molecule has 354 valence electrons. The summed E-state index contributed by atoms with van der Waals surface area (Å²) >= 11 is 4.71. The molecule has 0 aromatic heterocycles. The maximum atomic E-state index is 11.8. The highest BCUT2D eigenvalue weighted by Crippen LogP contribution is 2.04. The summed E-state index contributed by atoms with van der Waals surface area (Å²) in [5.41, 5.74) is 0. The molecule has 12 nitrogen and oxygen atoms in total. The topological polar surface area (TPSA) is 152 Å². The number of ether oxygens (including phenoxy) is 2. The number of carbonyl (C=O) groups is 3. The second-order valence-corrected chi connectivity index (χ2v) is 14.3. The first-order valence-corrected chi connectivity index (χ1v) is 23.4. The Kier molecular flexibility index (Phi) is 67.8. The van der Waals surface area contributed by atoms with Crippen LogP contribution in [0.15, 0.2) is 25.3 Å². The van der Waals surface area contributed by atoms with Gasteiger partial charge in [0.15, 0.2) is 0 Å². The fraction of sp³-hybridized carbons (Fsp3) is 0.848. The van der Waals surface area contributed by atoms with Crippen LogP contribution in [0.4, 0.5) is 0 Å². The van der Waals surface area contributed by atoms with Crippen LogP contribution in [-0.2, 0) is 23.9 Å². The van der Waals surface area contributed by atoms with E-state index in [1.54, 1.807) is 0 Å². The molecule has 0 fully saturated rings. The van der Waals surface area contributed by atoms with Gasteiger partial charge in [-0.3, -0.25) is 14.5 Å². The molecule has 0 aliphatic rings. The lowest BCUT2D eigenvalue weighted by Crippen LogP contribution is -2.37. The van der Waals surface area contributed by atoms with Crippen LogP contribution >= 0.6 is 11.6 Å². The number of esters is 2. The van der Waals surface area contributed by atoms with Crippen molar-refractivity contribution in [1.29, 1.82) is 0 Å². The number of hydrogen-bond donors (Lipinski definition) is 4. The van der Waals surface area contributed by atoms with Crippen LogP contribution in [0.1, 0.15) is 151 Å². The molecular formula is C46H95ClN4O8. The summed E-state index contributed by atoms with van der Waals surface area (Å²) in [6.07, 6.45) is 20.4. The van der Waals surface area contributed by atoms with Crippen LogP contribution in [0, 0.1) is 0 Å². The molecule has 0 rings (SSSR count). The van der Waals surface area contributed by atoms with E-state index in [1.807, 2.05) is 0 Å². The molecule has 0 bridgehead atoms. The predicted octanol–water partition coefficient (Wildman–Crippen LogP) is 8.01. The molecular weight excluding hydrogens is 772 g/mol. The molecule has 0 aliphatic carbocycles. The molecule has 0 radical (unpaired) electrons. The molecule has 0 aromatic carbocycles. The first-order valence-electron chi connectivity index (χ1n) is 23.0. The minimum atomic E-state index is -0.509. The summed E-state index contributed by atoms with van der Waals surface area (Å²) in [5, 5.41) is 28.6. The van der Waals surface area contributed by atoms with Gasteiger partial charge in [0.05, 0.1) is 32.8 Å². The van der Waals surface area contributed by atoms with Gasteiger partial charge in [-0.15, -0.1) is 0 Å². The van der Waals surface area contributed by atoms with Gasteiger partial charge in [-0.1, -0.05) is 139 Å². The summed E-state index contributed by atoms with van der Waals surface area (Å²) in [5.74, 6) is -0.434. The van der Waals surface area contributed by atoms with Crippen LogP contribution in [-0.4, -0.2) is 152 Å². The summed E-state index contributed by atoms with van der Waals surface area (Å²) in [6, 6.07) is 0. The molecule has 13 heteroatoms. The van der Waals surface area contributed by atoms with E-state index in [1.165, 1.54) is 70.3 Å². The summed E-state index contributed by atoms with van der Waals surface area (Å²) in [4.78, 5) is 38.6. The van der Waals surface area contributed by atoms with E-state index in [-0.39, 0.29) is 25.2 Å². The SMILES string of the molecule is C=CC(=O)Cl.C=CC(=O)OCCCCCCC.CCCCCCCO.CCCCCCCOC(=O)CCN(CCO)CCN(CC)CC.CCN(CC)CCNCCO. The second-order valence-electron chi connectivity index (χ2n) is 13.9. The Bertz CT molecular complexity index is 859. The van der Waals surface area contributed by atoms with Gasteiger partial charge < -0.3 is 39.9 Å². The largest absolute Gasteiger partial charge is 0.466 e. The summed E-state index contributed by atoms with van der Waals surface area (Å²) in [6.45, 7) is 33.6. The van der Waals surface area contributed by atoms with Crippen LogP contribution in [0.25, 0.3) is 0 Å². The van der Waals surface area contributed by atoms with E-state index >= 15 is 0 Å². The average Bonchev–Trinajstić information content (AvgIpc) is 3.25. The van der Waals surface area contributed by atoms with Crippen LogP contribution in [0.2, 0.25) is 0 Å². The van der Waals surface area contributed by atoms with E-state index in [0.29, 0.717) is 45.9 Å². The van der Waals surface area contributed by atoms with Crippen molar-refractivity contribution in [1.82, 2.24) is 20.0 Å². The molecule has 59 heavy (non-hydrogen) atoms. The standard InChI is InChI=1S/C18H38N2O3.C10H18O2.C8H20N2O.C7H16O.C3H3ClO/c1-4-7-8-9-10-17-23-18(22)11-12-20(15-16-21)14-13-19(5-2)6-3;1-3-5-6-7-8-9-12-10(11)4-2;1-3-10(4-2)7-5-9-6-8-11;1-2-3-4-5-6-7-8;1-2-3(4)5/h21H,4-17H2,1-3H3;4H,2-3,5-9H2,1H3;9,11H,3-8H2,1-2H3;8H,2-7H2,1H3;2H,1H2. The number of nitrogens with zero attached hydrogens (tertiary/aromatic N) is 3. The number of aliphatic hydroxyl groups excluding tert-OH is 3.